The molecule has 0 aliphatic carbocycles. The number of para-hydroxylation sites is 2. The second-order valence-electron chi connectivity index (χ2n) is 6.49. The smallest absolute Gasteiger partial charge is 0.255 e. The number of morpholine rings is 1. The van der Waals surface area contributed by atoms with Crippen molar-refractivity contribution < 1.29 is 22.7 Å². The average molecular weight is 420 g/mol. The summed E-state index contributed by atoms with van der Waals surface area (Å²) < 4.78 is 37.5. The summed E-state index contributed by atoms with van der Waals surface area (Å²) in [5.74, 6) is -0.375. The molecule has 3 rings (SSSR count). The number of rotatable bonds is 8. The summed E-state index contributed by atoms with van der Waals surface area (Å²) in [5, 5.41) is 2.90. The summed E-state index contributed by atoms with van der Waals surface area (Å²) in [7, 11) is -2.22. The number of sulfonamides is 1. The van der Waals surface area contributed by atoms with Crippen molar-refractivity contribution in [1.29, 1.82) is 0 Å². The number of carbonyl (C=O) groups excluding carboxylic acids is 1. The molecule has 2 aromatic carbocycles. The van der Waals surface area contributed by atoms with Gasteiger partial charge in [-0.1, -0.05) is 18.2 Å². The largest absolute Gasteiger partial charge is 0.383 e. The Morgan fingerprint density at radius 2 is 1.90 bits per heavy atom. The fraction of sp³-hybridized carbons (Fsp3) is 0.350. The lowest BCUT2D eigenvalue weighted by Gasteiger charge is -2.30. The zero-order chi connectivity index (χ0) is 20.7. The van der Waals surface area contributed by atoms with Gasteiger partial charge in [-0.25, -0.2) is 13.1 Å². The van der Waals surface area contributed by atoms with E-state index in [4.69, 9.17) is 9.47 Å². The Hall–Kier alpha value is -2.46. The molecule has 8 nitrogen and oxygen atoms in total. The molecule has 2 aromatic rings. The van der Waals surface area contributed by atoms with Gasteiger partial charge in [-0.2, -0.15) is 0 Å². The van der Waals surface area contributed by atoms with E-state index in [1.54, 1.807) is 12.1 Å². The van der Waals surface area contributed by atoms with Gasteiger partial charge in [-0.3, -0.25) is 4.79 Å². The minimum Gasteiger partial charge on any atom is -0.383 e. The molecule has 1 saturated heterocycles. The van der Waals surface area contributed by atoms with E-state index in [1.807, 2.05) is 24.3 Å². The third-order valence-electron chi connectivity index (χ3n) is 4.51. The molecule has 156 valence electrons. The topological polar surface area (TPSA) is 97.0 Å². The highest BCUT2D eigenvalue weighted by molar-refractivity contribution is 7.89. The highest BCUT2D eigenvalue weighted by atomic mass is 32.2. The zero-order valence-electron chi connectivity index (χ0n) is 16.3. The highest BCUT2D eigenvalue weighted by Gasteiger charge is 2.18. The molecule has 0 unspecified atom stereocenters. The number of carbonyl (C=O) groups is 1. The van der Waals surface area contributed by atoms with E-state index < -0.39 is 10.0 Å². The molecule has 0 spiro atoms. The van der Waals surface area contributed by atoms with Gasteiger partial charge in [-0.05, 0) is 30.3 Å². The second kappa shape index (κ2) is 9.84. The standard InChI is InChI=1S/C20H25N3O5S/c1-27-12-9-21-29(25,26)17-6-4-5-16(15-17)20(24)22-18-7-2-3-8-19(18)23-10-13-28-14-11-23/h2-8,15,21H,9-14H2,1H3,(H,22,24). The van der Waals surface area contributed by atoms with E-state index in [9.17, 15) is 13.2 Å². The van der Waals surface area contributed by atoms with Crippen LogP contribution in [0, 0.1) is 0 Å². The summed E-state index contributed by atoms with van der Waals surface area (Å²) in [5.41, 5.74) is 1.84. The van der Waals surface area contributed by atoms with Crippen LogP contribution in [0.25, 0.3) is 0 Å². The fourth-order valence-electron chi connectivity index (χ4n) is 3.02. The number of anilines is 2. The van der Waals surface area contributed by atoms with Gasteiger partial charge in [-0.15, -0.1) is 0 Å². The van der Waals surface area contributed by atoms with Gasteiger partial charge in [0.1, 0.15) is 0 Å². The van der Waals surface area contributed by atoms with Gasteiger partial charge in [0.25, 0.3) is 5.91 Å². The maximum Gasteiger partial charge on any atom is 0.255 e. The molecule has 0 radical (unpaired) electrons. The van der Waals surface area contributed by atoms with Crippen molar-refractivity contribution in [1.82, 2.24) is 4.72 Å². The summed E-state index contributed by atoms with van der Waals surface area (Å²) in [6, 6.07) is 13.5. The number of methoxy groups -OCH3 is 1. The van der Waals surface area contributed by atoms with Crippen LogP contribution in [-0.2, 0) is 19.5 Å². The van der Waals surface area contributed by atoms with Crippen molar-refractivity contribution in [2.45, 2.75) is 4.90 Å². The van der Waals surface area contributed by atoms with Crippen molar-refractivity contribution in [2.75, 3.05) is 56.8 Å². The third kappa shape index (κ3) is 5.54. The molecule has 1 heterocycles. The van der Waals surface area contributed by atoms with E-state index in [0.717, 1.165) is 18.8 Å². The molecule has 1 amide bonds. The number of amides is 1. The van der Waals surface area contributed by atoms with Gasteiger partial charge < -0.3 is 19.7 Å². The van der Waals surface area contributed by atoms with Gasteiger partial charge in [0.2, 0.25) is 10.0 Å². The first kappa shape index (κ1) is 21.3. The molecule has 1 aliphatic rings. The molecule has 1 fully saturated rings. The van der Waals surface area contributed by atoms with Crippen LogP contribution in [0.5, 0.6) is 0 Å². The maximum absolute atomic E-state index is 12.8. The quantitative estimate of drug-likeness (QED) is 0.632. The minimum atomic E-state index is -3.72. The lowest BCUT2D eigenvalue weighted by molar-refractivity contribution is 0.102. The van der Waals surface area contributed by atoms with Crippen LogP contribution < -0.4 is 14.9 Å². The summed E-state index contributed by atoms with van der Waals surface area (Å²) in [6.07, 6.45) is 0. The van der Waals surface area contributed by atoms with Gasteiger partial charge in [0.05, 0.1) is 36.1 Å². The molecular formula is C20H25N3O5S. The number of hydrogen-bond acceptors (Lipinski definition) is 6. The summed E-state index contributed by atoms with van der Waals surface area (Å²) >= 11 is 0. The molecule has 2 N–H and O–H groups in total. The van der Waals surface area contributed by atoms with Crippen molar-refractivity contribution in [3.63, 3.8) is 0 Å². The van der Waals surface area contributed by atoms with Gasteiger partial charge in [0.15, 0.2) is 0 Å². The SMILES string of the molecule is COCCNS(=O)(=O)c1cccc(C(=O)Nc2ccccc2N2CCOCC2)c1. The van der Waals surface area contributed by atoms with Crippen LogP contribution in [0.2, 0.25) is 0 Å². The maximum atomic E-state index is 12.8. The molecule has 1 aliphatic heterocycles. The van der Waals surface area contributed by atoms with E-state index in [1.165, 1.54) is 19.2 Å². The normalized spacial score (nSPS) is 14.6. The Bertz CT molecular complexity index is 943. The van der Waals surface area contributed by atoms with Crippen molar-refractivity contribution in [2.24, 2.45) is 0 Å². The Kier molecular flexibility index (Phi) is 7.21. The van der Waals surface area contributed by atoms with Crippen molar-refractivity contribution >= 4 is 27.3 Å². The van der Waals surface area contributed by atoms with Crippen LogP contribution in [0.3, 0.4) is 0 Å². The van der Waals surface area contributed by atoms with Crippen LogP contribution in [0.15, 0.2) is 53.4 Å². The average Bonchev–Trinajstić information content (AvgIpc) is 2.75. The molecule has 29 heavy (non-hydrogen) atoms. The van der Waals surface area contributed by atoms with Crippen LogP contribution in [0.1, 0.15) is 10.4 Å². The third-order valence-corrected chi connectivity index (χ3v) is 5.97. The number of nitrogens with one attached hydrogen (secondary N) is 2. The first-order valence-electron chi connectivity index (χ1n) is 9.33. The minimum absolute atomic E-state index is 0.0303. The number of nitrogens with zero attached hydrogens (tertiary/aromatic N) is 1. The van der Waals surface area contributed by atoms with E-state index in [2.05, 4.69) is 14.9 Å². The number of ether oxygens (including phenoxy) is 2. The lowest BCUT2D eigenvalue weighted by Crippen LogP contribution is -2.36. The van der Waals surface area contributed by atoms with E-state index in [-0.39, 0.29) is 29.5 Å². The Morgan fingerprint density at radius 3 is 2.66 bits per heavy atom. The predicted octanol–water partition coefficient (Wildman–Crippen LogP) is 1.70. The Labute approximate surface area is 170 Å². The molecule has 0 atom stereocenters. The molecular weight excluding hydrogens is 394 g/mol. The first-order chi connectivity index (χ1) is 14.0. The monoisotopic (exact) mass is 419 g/mol. The zero-order valence-corrected chi connectivity index (χ0v) is 17.1. The van der Waals surface area contributed by atoms with Gasteiger partial charge in [0, 0.05) is 32.3 Å². The summed E-state index contributed by atoms with van der Waals surface area (Å²) in [6.45, 7) is 3.18. The van der Waals surface area contributed by atoms with E-state index >= 15 is 0 Å². The molecule has 0 bridgehead atoms. The predicted molar refractivity (Wildman–Crippen MR) is 111 cm³/mol. The lowest BCUT2D eigenvalue weighted by atomic mass is 10.2. The Morgan fingerprint density at radius 1 is 1.14 bits per heavy atom. The van der Waals surface area contributed by atoms with Crippen molar-refractivity contribution in [3.8, 4) is 0 Å². The second-order valence-corrected chi connectivity index (χ2v) is 8.26. The number of hydrogen-bond donors (Lipinski definition) is 2. The van der Waals surface area contributed by atoms with Crippen molar-refractivity contribution in [3.05, 3.63) is 54.1 Å². The van der Waals surface area contributed by atoms with Crippen LogP contribution >= 0.6 is 0 Å². The van der Waals surface area contributed by atoms with E-state index in [0.29, 0.717) is 18.9 Å². The molecule has 9 heteroatoms. The van der Waals surface area contributed by atoms with Crippen LogP contribution in [-0.4, -0.2) is 60.9 Å². The molecule has 0 saturated carbocycles. The highest BCUT2D eigenvalue weighted by Crippen LogP contribution is 2.27. The first-order valence-corrected chi connectivity index (χ1v) is 10.8. The number of benzene rings is 2. The fourth-order valence-corrected chi connectivity index (χ4v) is 4.08. The van der Waals surface area contributed by atoms with Gasteiger partial charge >= 0.3 is 0 Å². The Balaban J connectivity index is 1.77. The molecule has 0 aromatic heterocycles. The summed E-state index contributed by atoms with van der Waals surface area (Å²) in [4.78, 5) is 15.0. The van der Waals surface area contributed by atoms with Crippen LogP contribution in [0.4, 0.5) is 11.4 Å².